The molecule has 2 amide bonds. The Balaban J connectivity index is 2.13. The topological polar surface area (TPSA) is 67.4 Å². The molecule has 0 heterocycles. The summed E-state index contributed by atoms with van der Waals surface area (Å²) in [6.07, 6.45) is 0.273. The summed E-state index contributed by atoms with van der Waals surface area (Å²) in [4.78, 5) is 23.4. The summed E-state index contributed by atoms with van der Waals surface area (Å²) in [5, 5.41) is 5.51. The molecule has 0 bridgehead atoms. The molecule has 0 aliphatic carbocycles. The van der Waals surface area contributed by atoms with Crippen molar-refractivity contribution in [1.82, 2.24) is 0 Å². The third kappa shape index (κ3) is 4.85. The third-order valence-electron chi connectivity index (χ3n) is 3.24. The summed E-state index contributed by atoms with van der Waals surface area (Å²) in [7, 11) is 1.53. The quantitative estimate of drug-likeness (QED) is 0.891. The maximum Gasteiger partial charge on any atom is 0.228 e. The first-order chi connectivity index (χ1) is 11.0. The van der Waals surface area contributed by atoms with E-state index in [2.05, 4.69) is 10.6 Å². The van der Waals surface area contributed by atoms with E-state index in [1.54, 1.807) is 18.2 Å². The number of ether oxygens (including phenoxy) is 1. The van der Waals surface area contributed by atoms with Gasteiger partial charge in [0.05, 0.1) is 19.2 Å². The van der Waals surface area contributed by atoms with Gasteiger partial charge in [0, 0.05) is 12.6 Å². The summed E-state index contributed by atoms with van der Waals surface area (Å²) in [6, 6.07) is 12.9. The number of anilines is 2. The summed E-state index contributed by atoms with van der Waals surface area (Å²) in [5.74, 6) is 0.220. The number of hydrogen-bond donors (Lipinski definition) is 2. The molecule has 2 rings (SSSR count). The van der Waals surface area contributed by atoms with Gasteiger partial charge in [-0.2, -0.15) is 0 Å². The van der Waals surface area contributed by atoms with Crippen LogP contribution in [0.3, 0.4) is 0 Å². The van der Waals surface area contributed by atoms with Crippen LogP contribution in [0.25, 0.3) is 0 Å². The molecule has 0 aliphatic heterocycles. The van der Waals surface area contributed by atoms with Crippen LogP contribution in [0.15, 0.2) is 42.5 Å². The summed E-state index contributed by atoms with van der Waals surface area (Å²) in [5.41, 5.74) is 3.18. The molecule has 0 spiro atoms. The van der Waals surface area contributed by atoms with E-state index in [1.165, 1.54) is 14.0 Å². The maximum atomic E-state index is 12.2. The SMILES string of the molecule is COc1ccc(NC(C)=O)cc1NC(=O)Cc1cccc(C)c1. The van der Waals surface area contributed by atoms with Gasteiger partial charge < -0.3 is 15.4 Å². The molecule has 120 valence electrons. The van der Waals surface area contributed by atoms with Crippen LogP contribution in [0.2, 0.25) is 0 Å². The Hall–Kier alpha value is -2.82. The zero-order valence-corrected chi connectivity index (χ0v) is 13.5. The van der Waals surface area contributed by atoms with Gasteiger partial charge in [0.25, 0.3) is 0 Å². The largest absolute Gasteiger partial charge is 0.495 e. The average molecular weight is 312 g/mol. The zero-order valence-electron chi connectivity index (χ0n) is 13.5. The van der Waals surface area contributed by atoms with Gasteiger partial charge in [-0.05, 0) is 30.7 Å². The second-order valence-corrected chi connectivity index (χ2v) is 5.31. The highest BCUT2D eigenvalue weighted by atomic mass is 16.5. The number of carbonyl (C=O) groups is 2. The Bertz CT molecular complexity index is 726. The van der Waals surface area contributed by atoms with Crippen LogP contribution in [0, 0.1) is 6.92 Å². The molecular formula is C18H20N2O3. The molecule has 2 N–H and O–H groups in total. The van der Waals surface area contributed by atoms with E-state index < -0.39 is 0 Å². The molecule has 0 aliphatic rings. The van der Waals surface area contributed by atoms with Crippen LogP contribution in [-0.4, -0.2) is 18.9 Å². The molecule has 5 nitrogen and oxygen atoms in total. The summed E-state index contributed by atoms with van der Waals surface area (Å²) >= 11 is 0. The average Bonchev–Trinajstić information content (AvgIpc) is 2.46. The van der Waals surface area contributed by atoms with Crippen LogP contribution < -0.4 is 15.4 Å². The minimum absolute atomic E-state index is 0.145. The lowest BCUT2D eigenvalue weighted by Crippen LogP contribution is -2.15. The number of benzene rings is 2. The van der Waals surface area contributed by atoms with Gasteiger partial charge in [0.1, 0.15) is 5.75 Å². The van der Waals surface area contributed by atoms with E-state index in [4.69, 9.17) is 4.74 Å². The van der Waals surface area contributed by atoms with E-state index in [0.29, 0.717) is 17.1 Å². The van der Waals surface area contributed by atoms with Crippen molar-refractivity contribution in [3.05, 3.63) is 53.6 Å². The van der Waals surface area contributed by atoms with Gasteiger partial charge in [0.15, 0.2) is 0 Å². The number of rotatable bonds is 5. The standard InChI is InChI=1S/C18H20N2O3/c1-12-5-4-6-14(9-12)10-18(22)20-16-11-15(19-13(2)21)7-8-17(16)23-3/h4-9,11H,10H2,1-3H3,(H,19,21)(H,20,22). The molecule has 0 radical (unpaired) electrons. The van der Waals surface area contributed by atoms with Crippen LogP contribution >= 0.6 is 0 Å². The minimum atomic E-state index is -0.174. The van der Waals surface area contributed by atoms with E-state index in [0.717, 1.165) is 11.1 Å². The van der Waals surface area contributed by atoms with Crippen molar-refractivity contribution in [2.24, 2.45) is 0 Å². The normalized spacial score (nSPS) is 10.0. The molecular weight excluding hydrogens is 292 g/mol. The Morgan fingerprint density at radius 3 is 2.52 bits per heavy atom. The molecule has 0 fully saturated rings. The van der Waals surface area contributed by atoms with Gasteiger partial charge in [0.2, 0.25) is 11.8 Å². The van der Waals surface area contributed by atoms with Crippen molar-refractivity contribution in [3.8, 4) is 5.75 Å². The van der Waals surface area contributed by atoms with Gasteiger partial charge in [-0.1, -0.05) is 29.8 Å². The monoisotopic (exact) mass is 312 g/mol. The molecule has 0 saturated heterocycles. The van der Waals surface area contributed by atoms with Gasteiger partial charge in [-0.15, -0.1) is 0 Å². The zero-order chi connectivity index (χ0) is 16.8. The lowest BCUT2D eigenvalue weighted by molar-refractivity contribution is -0.116. The molecule has 5 heteroatoms. The first-order valence-electron chi connectivity index (χ1n) is 7.29. The van der Waals surface area contributed by atoms with Gasteiger partial charge >= 0.3 is 0 Å². The van der Waals surface area contributed by atoms with Gasteiger partial charge in [-0.3, -0.25) is 9.59 Å². The first kappa shape index (κ1) is 16.5. The lowest BCUT2D eigenvalue weighted by Gasteiger charge is -2.12. The van der Waals surface area contributed by atoms with E-state index >= 15 is 0 Å². The lowest BCUT2D eigenvalue weighted by atomic mass is 10.1. The molecule has 0 atom stereocenters. The highest BCUT2D eigenvalue weighted by molar-refractivity contribution is 5.95. The number of methoxy groups -OCH3 is 1. The fraction of sp³-hybridized carbons (Fsp3) is 0.222. The number of hydrogen-bond acceptors (Lipinski definition) is 3. The van der Waals surface area contributed by atoms with Crippen molar-refractivity contribution < 1.29 is 14.3 Å². The maximum absolute atomic E-state index is 12.2. The highest BCUT2D eigenvalue weighted by Gasteiger charge is 2.10. The molecule has 0 aromatic heterocycles. The minimum Gasteiger partial charge on any atom is -0.495 e. The predicted octanol–water partition coefficient (Wildman–Crippen LogP) is 3.14. The molecule has 0 unspecified atom stereocenters. The van der Waals surface area contributed by atoms with E-state index in [-0.39, 0.29) is 18.2 Å². The van der Waals surface area contributed by atoms with Gasteiger partial charge in [-0.25, -0.2) is 0 Å². The third-order valence-corrected chi connectivity index (χ3v) is 3.24. The molecule has 0 saturated carbocycles. The van der Waals surface area contributed by atoms with Crippen molar-refractivity contribution in [3.63, 3.8) is 0 Å². The van der Waals surface area contributed by atoms with E-state index in [9.17, 15) is 9.59 Å². The number of aryl methyl sites for hydroxylation is 1. The van der Waals surface area contributed by atoms with Crippen LogP contribution in [0.4, 0.5) is 11.4 Å². The number of nitrogens with one attached hydrogen (secondary N) is 2. The summed E-state index contributed by atoms with van der Waals surface area (Å²) in [6.45, 7) is 3.42. The first-order valence-corrected chi connectivity index (χ1v) is 7.29. The van der Waals surface area contributed by atoms with Crippen molar-refractivity contribution in [2.45, 2.75) is 20.3 Å². The van der Waals surface area contributed by atoms with Crippen LogP contribution in [0.1, 0.15) is 18.1 Å². The highest BCUT2D eigenvalue weighted by Crippen LogP contribution is 2.28. The number of carbonyl (C=O) groups excluding carboxylic acids is 2. The number of amides is 2. The van der Waals surface area contributed by atoms with Crippen molar-refractivity contribution in [1.29, 1.82) is 0 Å². The Morgan fingerprint density at radius 2 is 1.87 bits per heavy atom. The van der Waals surface area contributed by atoms with Crippen molar-refractivity contribution >= 4 is 23.2 Å². The molecule has 23 heavy (non-hydrogen) atoms. The second-order valence-electron chi connectivity index (χ2n) is 5.31. The Morgan fingerprint density at radius 1 is 1.09 bits per heavy atom. The smallest absolute Gasteiger partial charge is 0.228 e. The second kappa shape index (κ2) is 7.45. The summed E-state index contributed by atoms with van der Waals surface area (Å²) < 4.78 is 5.25. The van der Waals surface area contributed by atoms with E-state index in [1.807, 2.05) is 31.2 Å². The Labute approximate surface area is 135 Å². The fourth-order valence-corrected chi connectivity index (χ4v) is 2.29. The van der Waals surface area contributed by atoms with Crippen molar-refractivity contribution in [2.75, 3.05) is 17.7 Å². The predicted molar refractivity (Wildman–Crippen MR) is 90.8 cm³/mol. The fourth-order valence-electron chi connectivity index (χ4n) is 2.29. The Kier molecular flexibility index (Phi) is 5.36. The molecule has 2 aromatic carbocycles. The van der Waals surface area contributed by atoms with Crippen LogP contribution in [0.5, 0.6) is 5.75 Å². The molecule has 2 aromatic rings. The van der Waals surface area contributed by atoms with Crippen LogP contribution in [-0.2, 0) is 16.0 Å².